The van der Waals surface area contributed by atoms with E-state index >= 15 is 0 Å². The number of fused-ring (bicyclic) bond motifs is 3. The van der Waals surface area contributed by atoms with Gasteiger partial charge < -0.3 is 13.7 Å². The summed E-state index contributed by atoms with van der Waals surface area (Å²) < 4.78 is 7.34. The standard InChI is InChI=1S/C60H41N3Si/c1-5-17-42(18-6-1)43-31-33-44(34-32-43)62-55-27-15-29-57-59(55)60-56(62)28-16-30-58(60)63(57)46-37-40-54-52(41-46)51-25-13-14-26-53(51)61(54)45-35-38-50(39-36-45)64(47-19-7-2-8-20-47,48-21-9-3-10-22-48)49-23-11-4-12-24-49/h1-41H. The van der Waals surface area contributed by atoms with Crippen LogP contribution in [0, 0.1) is 0 Å². The molecule has 0 aliphatic rings. The Kier molecular flexibility index (Phi) is 8.23. The number of rotatable bonds is 8. The highest BCUT2D eigenvalue weighted by atomic mass is 28.3. The molecule has 3 nitrogen and oxygen atoms in total. The van der Waals surface area contributed by atoms with Gasteiger partial charge in [-0.25, -0.2) is 0 Å². The fourth-order valence-corrected chi connectivity index (χ4v) is 15.6. The molecule has 0 atom stereocenters. The van der Waals surface area contributed by atoms with Crippen molar-refractivity contribution in [3.63, 3.8) is 0 Å². The summed E-state index contributed by atoms with van der Waals surface area (Å²) in [6.07, 6.45) is 0. The fourth-order valence-electron chi connectivity index (χ4n) is 10.9. The molecule has 0 aliphatic carbocycles. The largest absolute Gasteiger partial charge is 0.309 e. The van der Waals surface area contributed by atoms with Crippen LogP contribution in [-0.4, -0.2) is 21.8 Å². The van der Waals surface area contributed by atoms with Gasteiger partial charge in [-0.1, -0.05) is 176 Å². The van der Waals surface area contributed by atoms with Gasteiger partial charge in [0.15, 0.2) is 8.07 Å². The van der Waals surface area contributed by atoms with Gasteiger partial charge in [0, 0.05) is 38.6 Å². The van der Waals surface area contributed by atoms with Crippen LogP contribution in [0.2, 0.25) is 0 Å². The van der Waals surface area contributed by atoms with E-state index in [1.165, 1.54) is 86.5 Å². The number of nitrogens with zero attached hydrogens (tertiary/aromatic N) is 3. The summed E-state index contributed by atoms with van der Waals surface area (Å²) >= 11 is 0. The smallest absolute Gasteiger partial charge is 0.179 e. The molecule has 3 aromatic heterocycles. The summed E-state index contributed by atoms with van der Waals surface area (Å²) in [6.45, 7) is 0. The van der Waals surface area contributed by atoms with E-state index in [9.17, 15) is 0 Å². The highest BCUT2D eigenvalue weighted by Gasteiger charge is 2.41. The molecule has 4 heteroatoms. The molecule has 300 valence electrons. The Bertz CT molecular complexity index is 3630. The van der Waals surface area contributed by atoms with E-state index < -0.39 is 8.07 Å². The number of para-hydroxylation sites is 1. The lowest BCUT2D eigenvalue weighted by Crippen LogP contribution is -2.74. The minimum Gasteiger partial charge on any atom is -0.309 e. The molecule has 3 heterocycles. The Hall–Kier alpha value is -8.18. The molecule has 0 N–H and O–H groups in total. The second-order valence-corrected chi connectivity index (χ2v) is 20.7. The Labute approximate surface area is 372 Å². The monoisotopic (exact) mass is 831 g/mol. The molecule has 13 rings (SSSR count). The normalized spacial score (nSPS) is 12.1. The summed E-state index contributed by atoms with van der Waals surface area (Å²) in [7, 11) is -2.65. The van der Waals surface area contributed by atoms with Crippen LogP contribution in [0.5, 0.6) is 0 Å². The van der Waals surface area contributed by atoms with Gasteiger partial charge in [-0.2, -0.15) is 0 Å². The van der Waals surface area contributed by atoms with Crippen LogP contribution in [0.25, 0.3) is 82.8 Å². The van der Waals surface area contributed by atoms with E-state index in [-0.39, 0.29) is 0 Å². The molecule has 0 radical (unpaired) electrons. The predicted molar refractivity (Wildman–Crippen MR) is 272 cm³/mol. The summed E-state index contributed by atoms with van der Waals surface area (Å²) in [5, 5.41) is 10.5. The first-order valence-corrected chi connectivity index (χ1v) is 24.1. The van der Waals surface area contributed by atoms with E-state index in [1.54, 1.807) is 0 Å². The van der Waals surface area contributed by atoms with Gasteiger partial charge in [0.05, 0.1) is 33.1 Å². The van der Waals surface area contributed by atoms with Crippen molar-refractivity contribution in [3.05, 3.63) is 249 Å². The molecule has 10 aromatic carbocycles. The maximum absolute atomic E-state index is 2.65. The third-order valence-electron chi connectivity index (χ3n) is 13.6. The SMILES string of the molecule is c1ccc(-c2ccc(-n3c4cccc5c4c4c3cccc4n5-c3ccc4c(c3)c3ccccc3n4-c3ccc([Si](c4ccccc4)(c4ccccc4)c4ccccc4)cc3)cc2)cc1. The maximum atomic E-state index is 2.47. The Morgan fingerprint density at radius 3 is 1.12 bits per heavy atom. The molecular formula is C60H41N3Si. The molecule has 0 aliphatic heterocycles. The lowest BCUT2D eigenvalue weighted by molar-refractivity contribution is 1.15. The van der Waals surface area contributed by atoms with Crippen LogP contribution in [0.15, 0.2) is 249 Å². The van der Waals surface area contributed by atoms with Crippen molar-refractivity contribution in [1.82, 2.24) is 13.7 Å². The zero-order valence-corrected chi connectivity index (χ0v) is 36.0. The summed E-state index contributed by atoms with van der Waals surface area (Å²) in [5.74, 6) is 0. The molecule has 0 amide bonds. The summed E-state index contributed by atoms with van der Waals surface area (Å²) in [4.78, 5) is 0. The molecule has 0 saturated carbocycles. The van der Waals surface area contributed by atoms with Crippen LogP contribution in [0.4, 0.5) is 0 Å². The minimum absolute atomic E-state index is 1.15. The zero-order chi connectivity index (χ0) is 42.2. The predicted octanol–water partition coefficient (Wildman–Crippen LogP) is 12.3. The van der Waals surface area contributed by atoms with Gasteiger partial charge in [0.2, 0.25) is 0 Å². The van der Waals surface area contributed by atoms with E-state index in [2.05, 4.69) is 262 Å². The average molecular weight is 832 g/mol. The van der Waals surface area contributed by atoms with Crippen LogP contribution in [0.1, 0.15) is 0 Å². The van der Waals surface area contributed by atoms with Crippen LogP contribution in [0.3, 0.4) is 0 Å². The van der Waals surface area contributed by atoms with Crippen molar-refractivity contribution in [2.24, 2.45) is 0 Å². The summed E-state index contributed by atoms with van der Waals surface area (Å²) in [5.41, 5.74) is 13.2. The average Bonchev–Trinajstić information content (AvgIpc) is 4.02. The molecule has 64 heavy (non-hydrogen) atoms. The van der Waals surface area contributed by atoms with Crippen molar-refractivity contribution >= 4 is 83.5 Å². The first-order valence-electron chi connectivity index (χ1n) is 22.1. The van der Waals surface area contributed by atoms with Gasteiger partial charge in [0.25, 0.3) is 0 Å². The highest BCUT2D eigenvalue weighted by Crippen LogP contribution is 2.43. The van der Waals surface area contributed by atoms with Crippen LogP contribution >= 0.6 is 0 Å². The van der Waals surface area contributed by atoms with Gasteiger partial charge in [0.1, 0.15) is 0 Å². The second-order valence-electron chi connectivity index (χ2n) is 16.9. The van der Waals surface area contributed by atoms with E-state index in [0.717, 1.165) is 17.1 Å². The Morgan fingerprint density at radius 1 is 0.234 bits per heavy atom. The zero-order valence-electron chi connectivity index (χ0n) is 35.0. The molecule has 0 fully saturated rings. The summed E-state index contributed by atoms with van der Waals surface area (Å²) in [6, 6.07) is 92.0. The topological polar surface area (TPSA) is 14.8 Å². The van der Waals surface area contributed by atoms with Crippen LogP contribution < -0.4 is 20.7 Å². The molecule has 0 bridgehead atoms. The highest BCUT2D eigenvalue weighted by molar-refractivity contribution is 7.19. The quantitative estimate of drug-likeness (QED) is 0.107. The Balaban J connectivity index is 0.953. The molecule has 0 saturated heterocycles. The third kappa shape index (κ3) is 5.33. The third-order valence-corrected chi connectivity index (χ3v) is 18.4. The van der Waals surface area contributed by atoms with E-state index in [4.69, 9.17) is 0 Å². The number of aromatic nitrogens is 3. The van der Waals surface area contributed by atoms with Gasteiger partial charge in [-0.3, -0.25) is 0 Å². The van der Waals surface area contributed by atoms with Crippen molar-refractivity contribution in [2.75, 3.05) is 0 Å². The molecule has 0 spiro atoms. The van der Waals surface area contributed by atoms with E-state index in [1.807, 2.05) is 0 Å². The van der Waals surface area contributed by atoms with E-state index in [0.29, 0.717) is 0 Å². The van der Waals surface area contributed by atoms with Crippen molar-refractivity contribution in [2.45, 2.75) is 0 Å². The van der Waals surface area contributed by atoms with Crippen molar-refractivity contribution < 1.29 is 0 Å². The molecule has 0 unspecified atom stereocenters. The second kappa shape index (κ2) is 14.5. The van der Waals surface area contributed by atoms with Gasteiger partial charge in [-0.15, -0.1) is 0 Å². The number of hydrogen-bond acceptors (Lipinski definition) is 0. The number of hydrogen-bond donors (Lipinski definition) is 0. The lowest BCUT2D eigenvalue weighted by atomic mass is 10.1. The van der Waals surface area contributed by atoms with Gasteiger partial charge in [-0.05, 0) is 105 Å². The molecular weight excluding hydrogens is 791 g/mol. The maximum Gasteiger partial charge on any atom is 0.179 e. The van der Waals surface area contributed by atoms with Crippen LogP contribution in [-0.2, 0) is 0 Å². The minimum atomic E-state index is -2.65. The number of benzene rings is 10. The first-order chi connectivity index (χ1) is 31.8. The fraction of sp³-hybridized carbons (Fsp3) is 0. The Morgan fingerprint density at radius 2 is 0.594 bits per heavy atom. The van der Waals surface area contributed by atoms with Crippen molar-refractivity contribution in [3.8, 4) is 28.2 Å². The molecule has 13 aromatic rings. The van der Waals surface area contributed by atoms with Gasteiger partial charge >= 0.3 is 0 Å². The van der Waals surface area contributed by atoms with Crippen molar-refractivity contribution in [1.29, 1.82) is 0 Å². The first kappa shape index (κ1) is 36.5. The lowest BCUT2D eigenvalue weighted by Gasteiger charge is -2.34.